The Morgan fingerprint density at radius 2 is 1.94 bits per heavy atom. The normalized spacial score (nSPS) is 12.9. The second-order valence-electron chi connectivity index (χ2n) is 4.96. The standard InChI is InChI=1S/C14H24N2/c1-11(2)8-12(3)16(4)14-7-5-6-13(9-14)10-15/h5-7,9,11-12H,8,10,15H2,1-4H3. The second kappa shape index (κ2) is 5.90. The Morgan fingerprint density at radius 3 is 2.50 bits per heavy atom. The van der Waals surface area contributed by atoms with Gasteiger partial charge in [0.25, 0.3) is 0 Å². The van der Waals surface area contributed by atoms with Gasteiger partial charge in [-0.1, -0.05) is 26.0 Å². The monoisotopic (exact) mass is 220 g/mol. The first-order valence-corrected chi connectivity index (χ1v) is 6.06. The van der Waals surface area contributed by atoms with Crippen LogP contribution in [0.5, 0.6) is 0 Å². The fourth-order valence-corrected chi connectivity index (χ4v) is 2.00. The summed E-state index contributed by atoms with van der Waals surface area (Å²) in [5, 5.41) is 0. The molecule has 0 aliphatic heterocycles. The number of anilines is 1. The average Bonchev–Trinajstić information content (AvgIpc) is 2.27. The zero-order chi connectivity index (χ0) is 12.1. The molecule has 16 heavy (non-hydrogen) atoms. The number of benzene rings is 1. The van der Waals surface area contributed by atoms with Crippen LogP contribution in [0.25, 0.3) is 0 Å². The Kier molecular flexibility index (Phi) is 4.81. The summed E-state index contributed by atoms with van der Waals surface area (Å²) in [6, 6.07) is 9.04. The second-order valence-corrected chi connectivity index (χ2v) is 4.96. The van der Waals surface area contributed by atoms with Crippen LogP contribution in [0.15, 0.2) is 24.3 Å². The van der Waals surface area contributed by atoms with Crippen LogP contribution < -0.4 is 10.6 Å². The van der Waals surface area contributed by atoms with E-state index in [9.17, 15) is 0 Å². The van der Waals surface area contributed by atoms with Gasteiger partial charge >= 0.3 is 0 Å². The van der Waals surface area contributed by atoms with Crippen LogP contribution in [0, 0.1) is 5.92 Å². The minimum absolute atomic E-state index is 0.563. The van der Waals surface area contributed by atoms with Crippen molar-refractivity contribution in [2.45, 2.75) is 39.8 Å². The molecule has 0 aliphatic carbocycles. The highest BCUT2D eigenvalue weighted by Gasteiger charge is 2.11. The third-order valence-electron chi connectivity index (χ3n) is 3.03. The predicted octanol–water partition coefficient (Wildman–Crippen LogP) is 3.02. The highest BCUT2D eigenvalue weighted by Crippen LogP contribution is 2.20. The Hall–Kier alpha value is -1.02. The molecule has 0 aliphatic rings. The topological polar surface area (TPSA) is 29.3 Å². The van der Waals surface area contributed by atoms with Crippen LogP contribution in [0.3, 0.4) is 0 Å². The number of nitrogens with zero attached hydrogens (tertiary/aromatic N) is 1. The van der Waals surface area contributed by atoms with Gasteiger partial charge in [-0.2, -0.15) is 0 Å². The summed E-state index contributed by atoms with van der Waals surface area (Å²) in [5.74, 6) is 0.732. The Bertz CT molecular complexity index is 320. The van der Waals surface area contributed by atoms with Gasteiger partial charge in [0.1, 0.15) is 0 Å². The molecule has 0 spiro atoms. The molecule has 2 N–H and O–H groups in total. The highest BCUT2D eigenvalue weighted by atomic mass is 15.1. The molecule has 0 bridgehead atoms. The smallest absolute Gasteiger partial charge is 0.0369 e. The van der Waals surface area contributed by atoms with Crippen molar-refractivity contribution in [2.24, 2.45) is 11.7 Å². The molecule has 2 nitrogen and oxygen atoms in total. The Balaban J connectivity index is 2.74. The van der Waals surface area contributed by atoms with Gasteiger partial charge in [-0.15, -0.1) is 0 Å². The van der Waals surface area contributed by atoms with Crippen molar-refractivity contribution in [3.63, 3.8) is 0 Å². The lowest BCUT2D eigenvalue weighted by Gasteiger charge is -2.28. The van der Waals surface area contributed by atoms with E-state index in [1.54, 1.807) is 0 Å². The van der Waals surface area contributed by atoms with E-state index in [0.717, 1.165) is 5.92 Å². The maximum atomic E-state index is 5.66. The molecule has 1 atom stereocenters. The van der Waals surface area contributed by atoms with Gasteiger partial charge in [-0.3, -0.25) is 0 Å². The van der Waals surface area contributed by atoms with Crippen LogP contribution in [-0.4, -0.2) is 13.1 Å². The molecule has 1 aromatic rings. The number of hydrogen-bond donors (Lipinski definition) is 1. The highest BCUT2D eigenvalue weighted by molar-refractivity contribution is 5.48. The van der Waals surface area contributed by atoms with Gasteiger partial charge in [0.2, 0.25) is 0 Å². The zero-order valence-corrected chi connectivity index (χ0v) is 10.9. The molecule has 0 amide bonds. The largest absolute Gasteiger partial charge is 0.372 e. The van der Waals surface area contributed by atoms with E-state index in [1.165, 1.54) is 17.7 Å². The van der Waals surface area contributed by atoms with Gasteiger partial charge in [-0.25, -0.2) is 0 Å². The van der Waals surface area contributed by atoms with Crippen LogP contribution in [0.4, 0.5) is 5.69 Å². The molecule has 0 fully saturated rings. The van der Waals surface area contributed by atoms with E-state index in [4.69, 9.17) is 5.73 Å². The van der Waals surface area contributed by atoms with Crippen molar-refractivity contribution in [1.82, 2.24) is 0 Å². The summed E-state index contributed by atoms with van der Waals surface area (Å²) in [4.78, 5) is 2.33. The van der Waals surface area contributed by atoms with Crippen molar-refractivity contribution >= 4 is 5.69 Å². The maximum Gasteiger partial charge on any atom is 0.0369 e. The van der Waals surface area contributed by atoms with Crippen molar-refractivity contribution in [3.8, 4) is 0 Å². The zero-order valence-electron chi connectivity index (χ0n) is 10.9. The lowest BCUT2D eigenvalue weighted by Crippen LogP contribution is -2.30. The van der Waals surface area contributed by atoms with Crippen LogP contribution in [0.1, 0.15) is 32.8 Å². The Morgan fingerprint density at radius 1 is 1.25 bits per heavy atom. The SMILES string of the molecule is CC(C)CC(C)N(C)c1cccc(CN)c1. The minimum Gasteiger partial charge on any atom is -0.372 e. The fourth-order valence-electron chi connectivity index (χ4n) is 2.00. The fraction of sp³-hybridized carbons (Fsp3) is 0.571. The summed E-state index contributed by atoms with van der Waals surface area (Å²) in [6.07, 6.45) is 1.21. The van der Waals surface area contributed by atoms with E-state index < -0.39 is 0 Å². The minimum atomic E-state index is 0.563. The molecule has 2 heteroatoms. The van der Waals surface area contributed by atoms with E-state index in [-0.39, 0.29) is 0 Å². The van der Waals surface area contributed by atoms with E-state index in [1.807, 2.05) is 0 Å². The first kappa shape index (κ1) is 13.0. The Labute approximate surface area is 99.5 Å². The lowest BCUT2D eigenvalue weighted by molar-refractivity contribution is 0.504. The molecule has 1 rings (SSSR count). The summed E-state index contributed by atoms with van der Waals surface area (Å²) in [6.45, 7) is 7.41. The van der Waals surface area contributed by atoms with Crippen LogP contribution >= 0.6 is 0 Å². The summed E-state index contributed by atoms with van der Waals surface area (Å²) < 4.78 is 0. The van der Waals surface area contributed by atoms with Crippen LogP contribution in [0.2, 0.25) is 0 Å². The van der Waals surface area contributed by atoms with Crippen molar-refractivity contribution in [1.29, 1.82) is 0 Å². The first-order valence-electron chi connectivity index (χ1n) is 6.06. The molecule has 1 aromatic carbocycles. The first-order chi connectivity index (χ1) is 7.54. The molecular weight excluding hydrogens is 196 g/mol. The van der Waals surface area contributed by atoms with Gasteiger partial charge in [-0.05, 0) is 37.0 Å². The third kappa shape index (κ3) is 3.53. The molecule has 0 saturated carbocycles. The van der Waals surface area contributed by atoms with Gasteiger partial charge in [0.05, 0.1) is 0 Å². The number of nitrogens with two attached hydrogens (primary N) is 1. The maximum absolute atomic E-state index is 5.66. The third-order valence-corrected chi connectivity index (χ3v) is 3.03. The van der Waals surface area contributed by atoms with Gasteiger partial charge in [0, 0.05) is 25.3 Å². The predicted molar refractivity (Wildman–Crippen MR) is 71.7 cm³/mol. The summed E-state index contributed by atoms with van der Waals surface area (Å²) >= 11 is 0. The molecule has 0 saturated heterocycles. The van der Waals surface area contributed by atoms with Crippen molar-refractivity contribution < 1.29 is 0 Å². The van der Waals surface area contributed by atoms with Crippen molar-refractivity contribution in [3.05, 3.63) is 29.8 Å². The number of hydrogen-bond acceptors (Lipinski definition) is 2. The van der Waals surface area contributed by atoms with E-state index in [0.29, 0.717) is 12.6 Å². The van der Waals surface area contributed by atoms with Crippen LogP contribution in [-0.2, 0) is 6.54 Å². The molecule has 0 aromatic heterocycles. The molecule has 0 radical (unpaired) electrons. The molecule has 0 heterocycles. The van der Waals surface area contributed by atoms with Gasteiger partial charge < -0.3 is 10.6 Å². The lowest BCUT2D eigenvalue weighted by atomic mass is 10.0. The van der Waals surface area contributed by atoms with Gasteiger partial charge in [0.15, 0.2) is 0 Å². The van der Waals surface area contributed by atoms with Crippen molar-refractivity contribution in [2.75, 3.05) is 11.9 Å². The molecular formula is C14H24N2. The average molecular weight is 220 g/mol. The molecule has 1 unspecified atom stereocenters. The summed E-state index contributed by atoms with van der Waals surface area (Å²) in [5.41, 5.74) is 8.11. The molecule has 90 valence electrons. The summed E-state index contributed by atoms with van der Waals surface area (Å²) in [7, 11) is 2.16. The quantitative estimate of drug-likeness (QED) is 0.826. The number of rotatable bonds is 5. The van der Waals surface area contributed by atoms with E-state index in [2.05, 4.69) is 57.0 Å². The van der Waals surface area contributed by atoms with E-state index >= 15 is 0 Å².